The molecule has 0 aliphatic rings. The molecule has 0 saturated carbocycles. The Morgan fingerprint density at radius 2 is 1.85 bits per heavy atom. The van der Waals surface area contributed by atoms with Crippen molar-refractivity contribution in [1.29, 1.82) is 0 Å². The van der Waals surface area contributed by atoms with Gasteiger partial charge in [-0.1, -0.05) is 30.3 Å². The summed E-state index contributed by atoms with van der Waals surface area (Å²) < 4.78 is 11.6. The summed E-state index contributed by atoms with van der Waals surface area (Å²) in [5.74, 6) is 0.620. The number of aromatic nitrogens is 2. The lowest BCUT2D eigenvalue weighted by atomic mass is 10.1. The van der Waals surface area contributed by atoms with Crippen LogP contribution in [0.15, 0.2) is 63.9 Å². The molecule has 2 aromatic carbocycles. The molecule has 0 atom stereocenters. The summed E-state index contributed by atoms with van der Waals surface area (Å²) in [5.41, 5.74) is 1.45. The maximum atomic E-state index is 12.4. The van der Waals surface area contributed by atoms with Crippen molar-refractivity contribution in [3.05, 3.63) is 76.3 Å². The zero-order chi connectivity index (χ0) is 18.5. The van der Waals surface area contributed by atoms with Crippen LogP contribution in [0.25, 0.3) is 5.69 Å². The molecule has 0 radical (unpaired) electrons. The van der Waals surface area contributed by atoms with Crippen molar-refractivity contribution in [3.63, 3.8) is 0 Å². The number of ether oxygens (including phenoxy) is 1. The number of amides is 1. The Morgan fingerprint density at radius 3 is 2.50 bits per heavy atom. The summed E-state index contributed by atoms with van der Waals surface area (Å²) in [5, 5.41) is 2.57. The van der Waals surface area contributed by atoms with E-state index in [0.717, 1.165) is 5.56 Å². The number of likely N-dealkylation sites (N-methyl/N-ethyl adjacent to an activating group) is 1. The van der Waals surface area contributed by atoms with Crippen LogP contribution in [0.3, 0.4) is 0 Å². The summed E-state index contributed by atoms with van der Waals surface area (Å²) in [6, 6.07) is 16.6. The number of nitrogens with zero attached hydrogens (tertiary/aromatic N) is 2. The Labute approximate surface area is 150 Å². The molecule has 3 aromatic rings. The smallest absolute Gasteiger partial charge is 0.432 e. The highest BCUT2D eigenvalue weighted by Gasteiger charge is 2.26. The molecule has 0 fully saturated rings. The molecule has 1 amide bonds. The summed E-state index contributed by atoms with van der Waals surface area (Å²) in [7, 11) is 3.25. The van der Waals surface area contributed by atoms with Crippen molar-refractivity contribution < 1.29 is 18.7 Å². The molecule has 0 aliphatic heterocycles. The van der Waals surface area contributed by atoms with Gasteiger partial charge in [-0.25, -0.2) is 4.79 Å². The fourth-order valence-corrected chi connectivity index (χ4v) is 2.59. The lowest BCUT2D eigenvalue weighted by Gasteiger charge is -2.14. The van der Waals surface area contributed by atoms with Crippen LogP contribution >= 0.6 is 0 Å². The second-order valence-electron chi connectivity index (χ2n) is 5.87. The molecule has 0 spiro atoms. The number of hydrogen-bond acceptors (Lipinski definition) is 4. The number of methoxy groups -OCH3 is 1. The molecule has 0 bridgehead atoms. The van der Waals surface area contributed by atoms with Gasteiger partial charge in [0.1, 0.15) is 12.3 Å². The number of H-pyrrole nitrogens is 1. The van der Waals surface area contributed by atoms with E-state index in [1.165, 1.54) is 9.58 Å². The normalized spacial score (nSPS) is 10.5. The lowest BCUT2D eigenvalue weighted by molar-refractivity contribution is -0.678. The lowest BCUT2D eigenvalue weighted by Crippen LogP contribution is -2.42. The minimum absolute atomic E-state index is 0.0851. The first kappa shape index (κ1) is 17.5. The van der Waals surface area contributed by atoms with Gasteiger partial charge in [0.2, 0.25) is 11.6 Å². The molecule has 1 aromatic heterocycles. The summed E-state index contributed by atoms with van der Waals surface area (Å²) in [4.78, 5) is 26.0. The van der Waals surface area contributed by atoms with Crippen molar-refractivity contribution in [2.45, 2.75) is 13.0 Å². The van der Waals surface area contributed by atoms with Crippen LogP contribution in [-0.2, 0) is 17.8 Å². The SMILES string of the molecule is COc1ccc(-[n+]2[nH]oc(=O)c2CN(C)C(=O)Cc2ccccc2)cc1. The number of hydrogen-bond donors (Lipinski definition) is 1. The minimum Gasteiger partial charge on any atom is -0.497 e. The molecule has 0 aliphatic carbocycles. The first-order valence-electron chi connectivity index (χ1n) is 8.13. The van der Waals surface area contributed by atoms with E-state index < -0.39 is 5.63 Å². The minimum atomic E-state index is -0.514. The molecule has 1 N–H and O–H groups in total. The van der Waals surface area contributed by atoms with Crippen LogP contribution in [0.4, 0.5) is 0 Å². The first-order chi connectivity index (χ1) is 12.6. The molecule has 134 valence electrons. The molecule has 7 heteroatoms. The number of carbonyl (C=O) groups excluding carboxylic acids is 1. The van der Waals surface area contributed by atoms with Gasteiger partial charge in [0.15, 0.2) is 0 Å². The molecule has 7 nitrogen and oxygen atoms in total. The number of carbonyl (C=O) groups is 1. The number of aromatic amines is 1. The molecular formula is C19H20N3O4+. The highest BCUT2D eigenvalue weighted by Crippen LogP contribution is 2.11. The molecular weight excluding hydrogens is 334 g/mol. The van der Waals surface area contributed by atoms with Crippen LogP contribution < -0.4 is 15.0 Å². The fourth-order valence-electron chi connectivity index (χ4n) is 2.59. The third-order valence-electron chi connectivity index (χ3n) is 4.08. The summed E-state index contributed by atoms with van der Waals surface area (Å²) >= 11 is 0. The number of benzene rings is 2. The second kappa shape index (κ2) is 7.69. The van der Waals surface area contributed by atoms with E-state index >= 15 is 0 Å². The number of nitrogens with one attached hydrogen (secondary N) is 1. The maximum absolute atomic E-state index is 12.4. The van der Waals surface area contributed by atoms with E-state index in [0.29, 0.717) is 17.1 Å². The van der Waals surface area contributed by atoms with Crippen molar-refractivity contribution in [1.82, 2.24) is 10.2 Å². The van der Waals surface area contributed by atoms with Crippen LogP contribution in [0.2, 0.25) is 0 Å². The van der Waals surface area contributed by atoms with E-state index in [9.17, 15) is 9.59 Å². The molecule has 0 saturated heterocycles. The predicted molar refractivity (Wildman–Crippen MR) is 94.0 cm³/mol. The topological polar surface area (TPSA) is 79.4 Å². The van der Waals surface area contributed by atoms with Crippen molar-refractivity contribution in [2.75, 3.05) is 14.2 Å². The Bertz CT molecular complexity index is 929. The Balaban J connectivity index is 1.78. The van der Waals surface area contributed by atoms with Gasteiger partial charge in [0.25, 0.3) is 0 Å². The summed E-state index contributed by atoms with van der Waals surface area (Å²) in [6.07, 6.45) is 0.273. The third kappa shape index (κ3) is 3.83. The van der Waals surface area contributed by atoms with Crippen molar-refractivity contribution >= 4 is 5.91 Å². The molecule has 26 heavy (non-hydrogen) atoms. The van der Waals surface area contributed by atoms with Gasteiger partial charge in [-0.15, -0.1) is 0 Å². The average Bonchev–Trinajstić information content (AvgIpc) is 3.03. The van der Waals surface area contributed by atoms with Crippen LogP contribution in [0.5, 0.6) is 5.75 Å². The standard InChI is InChI=1S/C19H19N3O4/c1-21(18(23)12-14-6-4-3-5-7-14)13-17-19(24)26-20-22(17)15-8-10-16(25-2)11-9-15/h3-11H,12-13H2,1-2H3/p+1. The Morgan fingerprint density at radius 1 is 1.15 bits per heavy atom. The second-order valence-corrected chi connectivity index (χ2v) is 5.87. The monoisotopic (exact) mass is 354 g/mol. The van der Waals surface area contributed by atoms with Gasteiger partial charge in [-0.2, -0.15) is 0 Å². The largest absolute Gasteiger partial charge is 0.497 e. The predicted octanol–water partition coefficient (Wildman–Crippen LogP) is 1.45. The molecule has 0 unspecified atom stereocenters. The van der Waals surface area contributed by atoms with Gasteiger partial charge in [-0.3, -0.25) is 9.32 Å². The highest BCUT2D eigenvalue weighted by molar-refractivity contribution is 5.78. The Kier molecular flexibility index (Phi) is 5.17. The summed E-state index contributed by atoms with van der Waals surface area (Å²) in [6.45, 7) is 0.129. The van der Waals surface area contributed by atoms with Gasteiger partial charge < -0.3 is 9.64 Å². The van der Waals surface area contributed by atoms with E-state index in [1.807, 2.05) is 30.3 Å². The zero-order valence-electron chi connectivity index (χ0n) is 14.6. The molecule has 3 rings (SSSR count). The quantitative estimate of drug-likeness (QED) is 0.680. The van der Waals surface area contributed by atoms with Crippen LogP contribution in [0.1, 0.15) is 11.3 Å². The van der Waals surface area contributed by atoms with Crippen molar-refractivity contribution in [3.8, 4) is 11.4 Å². The zero-order valence-corrected chi connectivity index (χ0v) is 14.6. The van der Waals surface area contributed by atoms with Crippen LogP contribution in [-0.4, -0.2) is 30.2 Å². The highest BCUT2D eigenvalue weighted by atomic mass is 16.5. The third-order valence-corrected chi connectivity index (χ3v) is 4.08. The maximum Gasteiger partial charge on any atom is 0.432 e. The van der Waals surface area contributed by atoms with Crippen LogP contribution in [0, 0.1) is 0 Å². The van der Waals surface area contributed by atoms with E-state index in [-0.39, 0.29) is 18.9 Å². The average molecular weight is 354 g/mol. The number of rotatable bonds is 6. The van der Waals surface area contributed by atoms with E-state index in [2.05, 4.69) is 5.27 Å². The molecule has 1 heterocycles. The first-order valence-corrected chi connectivity index (χ1v) is 8.13. The Hall–Kier alpha value is -3.35. The van der Waals surface area contributed by atoms with E-state index in [1.54, 1.807) is 38.4 Å². The van der Waals surface area contributed by atoms with Gasteiger partial charge in [0.05, 0.1) is 13.5 Å². The fraction of sp³-hybridized carbons (Fsp3) is 0.211. The van der Waals surface area contributed by atoms with Gasteiger partial charge >= 0.3 is 11.3 Å². The van der Waals surface area contributed by atoms with Gasteiger partial charge in [0, 0.05) is 19.2 Å². The van der Waals surface area contributed by atoms with E-state index in [4.69, 9.17) is 9.26 Å². The van der Waals surface area contributed by atoms with Crippen molar-refractivity contribution in [2.24, 2.45) is 0 Å². The van der Waals surface area contributed by atoms with Gasteiger partial charge in [-0.05, 0) is 27.6 Å².